The lowest BCUT2D eigenvalue weighted by atomic mass is 9.44. The van der Waals surface area contributed by atoms with Crippen LogP contribution in [0, 0.1) is 40.4 Å². The molecular weight excluding hydrogens is 518 g/mol. The van der Waals surface area contributed by atoms with Crippen molar-refractivity contribution in [3.05, 3.63) is 23.8 Å². The van der Waals surface area contributed by atoms with Gasteiger partial charge >= 0.3 is 0 Å². The summed E-state index contributed by atoms with van der Waals surface area (Å²) in [6.07, 6.45) is 6.71. The molecule has 1 aromatic rings. The fourth-order valence-corrected chi connectivity index (χ4v) is 12.2. The number of aliphatic hydroxyl groups is 2. The van der Waals surface area contributed by atoms with Crippen molar-refractivity contribution in [2.45, 2.75) is 112 Å². The molecule has 6 aliphatic rings. The summed E-state index contributed by atoms with van der Waals surface area (Å²) in [6.45, 7) is 9.91. The molecule has 1 unspecified atom stereocenters. The average Bonchev–Trinajstić information content (AvgIpc) is 3.16. The Morgan fingerprint density at radius 2 is 1.75 bits per heavy atom. The number of rotatable bonds is 1. The third-order valence-corrected chi connectivity index (χ3v) is 14.1. The fourth-order valence-electron chi connectivity index (χ4n) is 10.2. The van der Waals surface area contributed by atoms with Crippen molar-refractivity contribution in [2.24, 2.45) is 28.6 Å². The maximum absolute atomic E-state index is 12.9. The van der Waals surface area contributed by atoms with Gasteiger partial charge in [-0.2, -0.15) is 0 Å². The fraction of sp³-hybridized carbons (Fsp3) is 0.765. The van der Waals surface area contributed by atoms with Crippen molar-refractivity contribution in [1.29, 1.82) is 0 Å². The van der Waals surface area contributed by atoms with Crippen molar-refractivity contribution in [3.8, 4) is 11.8 Å². The molecule has 5 fully saturated rings. The molecule has 4 saturated carbocycles. The van der Waals surface area contributed by atoms with Crippen LogP contribution in [0.5, 0.6) is 0 Å². The molecule has 218 valence electrons. The summed E-state index contributed by atoms with van der Waals surface area (Å²) in [6, 6.07) is 6.95. The summed E-state index contributed by atoms with van der Waals surface area (Å²) in [4.78, 5) is 3.48. The van der Waals surface area contributed by atoms with Gasteiger partial charge in [0.25, 0.3) is 0 Å². The predicted octanol–water partition coefficient (Wildman–Crippen LogP) is 5.97. The first kappa shape index (κ1) is 27.6. The Balaban J connectivity index is 1.35. The number of nitrogens with zero attached hydrogens (tertiary/aromatic N) is 1. The van der Waals surface area contributed by atoms with E-state index in [0.717, 1.165) is 44.9 Å². The first-order chi connectivity index (χ1) is 18.8. The van der Waals surface area contributed by atoms with Crippen molar-refractivity contribution in [1.82, 2.24) is 0 Å². The topological polar surface area (TPSA) is 62.2 Å². The first-order valence-corrected chi connectivity index (χ1v) is 16.3. The monoisotopic (exact) mass is 565 g/mol. The van der Waals surface area contributed by atoms with Crippen LogP contribution in [-0.4, -0.2) is 59.3 Å². The zero-order valence-electron chi connectivity index (χ0n) is 25.2. The molecular formula is C34H47NO4S. The third-order valence-electron chi connectivity index (χ3n) is 12.3. The Kier molecular flexibility index (Phi) is 5.98. The Hall–Kier alpha value is -1.23. The lowest BCUT2D eigenvalue weighted by Crippen LogP contribution is -2.72. The minimum Gasteiger partial charge on any atom is -0.388 e. The van der Waals surface area contributed by atoms with Gasteiger partial charge in [-0.15, -0.1) is 17.7 Å². The van der Waals surface area contributed by atoms with Gasteiger partial charge in [0.1, 0.15) is 5.60 Å². The molecule has 6 heteroatoms. The van der Waals surface area contributed by atoms with Crippen LogP contribution in [0.15, 0.2) is 23.1 Å². The van der Waals surface area contributed by atoms with E-state index < -0.39 is 17.0 Å². The Labute approximate surface area is 244 Å². The highest BCUT2D eigenvalue weighted by Gasteiger charge is 2.74. The van der Waals surface area contributed by atoms with Crippen LogP contribution in [0.4, 0.5) is 5.69 Å². The molecule has 1 aromatic carbocycles. The van der Waals surface area contributed by atoms with E-state index >= 15 is 0 Å². The number of ether oxygens (including phenoxy) is 2. The maximum Gasteiger partial charge on any atom is 0.171 e. The van der Waals surface area contributed by atoms with Crippen LogP contribution in [0.3, 0.4) is 0 Å². The van der Waals surface area contributed by atoms with E-state index in [0.29, 0.717) is 37.4 Å². The van der Waals surface area contributed by atoms with E-state index in [1.165, 1.54) is 16.1 Å². The standard InChI is InChI=1S/C34H47NO4S/c1-7-12-31(36)14-11-26-24-10-13-32(37)19-33(38-20-29(2,3)21-39-33)15-16-34(32)28(24)25(18-30(26,31)4)23-9-8-22(35(5)6)17-27(23)40-34/h8-9,17,24-26,28,36-37H,10-11,13-16,18-21H2,1-6H3/t24-,25+,26-,28?,30-,31-,32+,34-/m0/s1. The van der Waals surface area contributed by atoms with Crippen molar-refractivity contribution in [2.75, 3.05) is 32.2 Å². The number of benzene rings is 1. The highest BCUT2D eigenvalue weighted by atomic mass is 32.2. The zero-order valence-corrected chi connectivity index (χ0v) is 26.0. The van der Waals surface area contributed by atoms with Crippen molar-refractivity contribution >= 4 is 17.4 Å². The van der Waals surface area contributed by atoms with Crippen LogP contribution >= 0.6 is 11.8 Å². The van der Waals surface area contributed by atoms with Gasteiger partial charge in [-0.25, -0.2) is 0 Å². The van der Waals surface area contributed by atoms with E-state index in [9.17, 15) is 10.2 Å². The molecule has 0 aromatic heterocycles. The molecule has 2 spiro atoms. The van der Waals surface area contributed by atoms with Gasteiger partial charge < -0.3 is 24.6 Å². The summed E-state index contributed by atoms with van der Waals surface area (Å²) in [5.41, 5.74) is 0.538. The molecule has 0 radical (unpaired) electrons. The summed E-state index contributed by atoms with van der Waals surface area (Å²) in [5.74, 6) is 7.23. The maximum atomic E-state index is 12.9. The van der Waals surface area contributed by atoms with Gasteiger partial charge in [0.15, 0.2) is 5.79 Å². The molecule has 8 atom stereocenters. The van der Waals surface area contributed by atoms with Gasteiger partial charge in [0.2, 0.25) is 0 Å². The van der Waals surface area contributed by atoms with Gasteiger partial charge in [0.05, 0.1) is 23.6 Å². The van der Waals surface area contributed by atoms with E-state index in [1.54, 1.807) is 0 Å². The molecule has 4 aliphatic carbocycles. The number of hydrogen-bond donors (Lipinski definition) is 2. The SMILES string of the molecule is CC#C[C@]1(O)CC[C@H]2[C@@H]3CC[C@@]4(O)CC5(CC[C@@]46Sc4cc(N(C)C)ccc4[C@@H](C[C@@]21C)C36)OCC(C)(C)CO5. The zero-order chi connectivity index (χ0) is 28.3. The number of fused-ring (bicyclic) bond motifs is 4. The van der Waals surface area contributed by atoms with Crippen molar-refractivity contribution < 1.29 is 19.7 Å². The van der Waals surface area contributed by atoms with Gasteiger partial charge in [-0.3, -0.25) is 0 Å². The van der Waals surface area contributed by atoms with E-state index in [4.69, 9.17) is 9.47 Å². The molecule has 2 heterocycles. The quantitative estimate of drug-likeness (QED) is 0.410. The van der Waals surface area contributed by atoms with E-state index in [2.05, 4.69) is 69.8 Å². The summed E-state index contributed by atoms with van der Waals surface area (Å²) < 4.78 is 12.7. The lowest BCUT2D eigenvalue weighted by molar-refractivity contribution is -0.338. The van der Waals surface area contributed by atoms with Gasteiger partial charge in [-0.1, -0.05) is 32.8 Å². The predicted molar refractivity (Wildman–Crippen MR) is 159 cm³/mol. The van der Waals surface area contributed by atoms with Crippen LogP contribution < -0.4 is 4.90 Å². The second-order valence-electron chi connectivity index (χ2n) is 15.3. The Bertz CT molecular complexity index is 1270. The smallest absolute Gasteiger partial charge is 0.171 e. The minimum atomic E-state index is -0.945. The second kappa shape index (κ2) is 8.66. The number of anilines is 1. The summed E-state index contributed by atoms with van der Waals surface area (Å²) in [5, 5.41) is 24.9. The normalized spacial score (nSPS) is 45.8. The molecule has 40 heavy (non-hydrogen) atoms. The molecule has 2 N–H and O–H groups in total. The first-order valence-electron chi connectivity index (χ1n) is 15.5. The molecule has 1 saturated heterocycles. The molecule has 2 aliphatic heterocycles. The molecule has 0 amide bonds. The number of thioether (sulfide) groups is 1. The van der Waals surface area contributed by atoms with Crippen molar-refractivity contribution in [3.63, 3.8) is 0 Å². The van der Waals surface area contributed by atoms with E-state index in [1.807, 2.05) is 18.7 Å². The van der Waals surface area contributed by atoms with E-state index in [-0.39, 0.29) is 21.5 Å². The van der Waals surface area contributed by atoms with Gasteiger partial charge in [-0.05, 0) is 86.8 Å². The molecule has 5 nitrogen and oxygen atoms in total. The average molecular weight is 566 g/mol. The largest absolute Gasteiger partial charge is 0.388 e. The summed E-state index contributed by atoms with van der Waals surface area (Å²) in [7, 11) is 4.20. The lowest BCUT2D eigenvalue weighted by Gasteiger charge is -2.69. The van der Waals surface area contributed by atoms with Gasteiger partial charge in [0, 0.05) is 48.3 Å². The summed E-state index contributed by atoms with van der Waals surface area (Å²) >= 11 is 1.97. The highest BCUT2D eigenvalue weighted by molar-refractivity contribution is 8.01. The Morgan fingerprint density at radius 3 is 2.45 bits per heavy atom. The van der Waals surface area contributed by atoms with Crippen LogP contribution in [0.2, 0.25) is 0 Å². The number of hydrogen-bond acceptors (Lipinski definition) is 6. The van der Waals surface area contributed by atoms with Crippen LogP contribution in [0.25, 0.3) is 0 Å². The molecule has 7 rings (SSSR count). The van der Waals surface area contributed by atoms with Crippen LogP contribution in [-0.2, 0) is 9.47 Å². The minimum absolute atomic E-state index is 0.00133. The Morgan fingerprint density at radius 1 is 1.00 bits per heavy atom. The highest BCUT2D eigenvalue weighted by Crippen LogP contribution is 2.76. The molecule has 0 bridgehead atoms. The third kappa shape index (κ3) is 3.57. The van der Waals surface area contributed by atoms with Crippen LogP contribution in [0.1, 0.15) is 90.5 Å². The second-order valence-corrected chi connectivity index (χ2v) is 16.7.